The molecule has 0 aliphatic carbocycles. The first kappa shape index (κ1) is 14.6. The van der Waals surface area contributed by atoms with Crippen molar-refractivity contribution in [3.63, 3.8) is 0 Å². The third-order valence-corrected chi connectivity index (χ3v) is 2.80. The molecule has 0 aliphatic heterocycles. The quantitative estimate of drug-likeness (QED) is 0.856. The van der Waals surface area contributed by atoms with Crippen LogP contribution >= 0.6 is 11.6 Å². The largest absolute Gasteiger partial charge is 0.437 e. The van der Waals surface area contributed by atoms with Crippen LogP contribution in [0.25, 0.3) is 0 Å². The lowest BCUT2D eigenvalue weighted by Crippen LogP contribution is -2.04. The van der Waals surface area contributed by atoms with Crippen molar-refractivity contribution in [2.45, 2.75) is 20.0 Å². The maximum absolute atomic E-state index is 9.11. The van der Waals surface area contributed by atoms with Crippen LogP contribution in [0.5, 0.6) is 11.6 Å². The van der Waals surface area contributed by atoms with Gasteiger partial charge in [0.2, 0.25) is 11.8 Å². The Kier molecular flexibility index (Phi) is 5.15. The van der Waals surface area contributed by atoms with E-state index in [0.717, 1.165) is 18.5 Å². The van der Waals surface area contributed by atoms with E-state index in [0.29, 0.717) is 16.7 Å². The second-order valence-electron chi connectivity index (χ2n) is 4.18. The minimum Gasteiger partial charge on any atom is -0.437 e. The van der Waals surface area contributed by atoms with Crippen molar-refractivity contribution in [3.05, 3.63) is 41.0 Å². The second kappa shape index (κ2) is 7.07. The lowest BCUT2D eigenvalue weighted by molar-refractivity contribution is 0.281. The number of aliphatic hydroxyl groups excluding tert-OH is 1. The zero-order chi connectivity index (χ0) is 14.4. The van der Waals surface area contributed by atoms with Crippen LogP contribution in [0.4, 0.5) is 5.95 Å². The van der Waals surface area contributed by atoms with E-state index in [1.807, 2.05) is 6.07 Å². The van der Waals surface area contributed by atoms with E-state index < -0.39 is 0 Å². The van der Waals surface area contributed by atoms with Gasteiger partial charge in [-0.25, -0.2) is 4.98 Å². The molecule has 0 unspecified atom stereocenters. The zero-order valence-corrected chi connectivity index (χ0v) is 11.9. The van der Waals surface area contributed by atoms with Crippen LogP contribution in [0, 0.1) is 0 Å². The van der Waals surface area contributed by atoms with E-state index in [4.69, 9.17) is 21.4 Å². The monoisotopic (exact) mass is 293 g/mol. The number of benzene rings is 1. The number of hydrogen-bond acceptors (Lipinski definition) is 5. The average Bonchev–Trinajstić information content (AvgIpc) is 2.48. The first-order valence-electron chi connectivity index (χ1n) is 6.37. The number of nitrogens with one attached hydrogen (secondary N) is 1. The van der Waals surface area contributed by atoms with Crippen LogP contribution < -0.4 is 10.1 Å². The Balaban J connectivity index is 2.18. The van der Waals surface area contributed by atoms with E-state index in [1.54, 1.807) is 18.2 Å². The summed E-state index contributed by atoms with van der Waals surface area (Å²) < 4.78 is 5.64. The number of ether oxygens (including phenoxy) is 1. The van der Waals surface area contributed by atoms with Gasteiger partial charge in [-0.15, -0.1) is 0 Å². The van der Waals surface area contributed by atoms with Gasteiger partial charge in [0.1, 0.15) is 10.8 Å². The number of aromatic nitrogens is 2. The molecule has 0 spiro atoms. The molecule has 0 saturated heterocycles. The third-order valence-electron chi connectivity index (χ3n) is 2.54. The van der Waals surface area contributed by atoms with Crippen LogP contribution in [0.15, 0.2) is 30.5 Å². The van der Waals surface area contributed by atoms with E-state index in [2.05, 4.69) is 22.2 Å². The fourth-order valence-electron chi connectivity index (χ4n) is 1.56. The summed E-state index contributed by atoms with van der Waals surface area (Å²) in [6.45, 7) is 2.79. The van der Waals surface area contributed by atoms with Crippen molar-refractivity contribution in [2.24, 2.45) is 0 Å². The minimum absolute atomic E-state index is 0.0436. The predicted octanol–water partition coefficient (Wildman–Crippen LogP) is 3.24. The maximum Gasteiger partial charge on any atom is 0.243 e. The highest BCUT2D eigenvalue weighted by atomic mass is 35.5. The molecule has 2 N–H and O–H groups in total. The normalized spacial score (nSPS) is 10.3. The van der Waals surface area contributed by atoms with E-state index in [1.165, 1.54) is 6.20 Å². The number of anilines is 1. The van der Waals surface area contributed by atoms with Gasteiger partial charge in [0.15, 0.2) is 0 Å². The summed E-state index contributed by atoms with van der Waals surface area (Å²) >= 11 is 6.03. The van der Waals surface area contributed by atoms with Gasteiger partial charge in [-0.3, -0.25) is 0 Å². The molecule has 5 nitrogen and oxygen atoms in total. The summed E-state index contributed by atoms with van der Waals surface area (Å²) in [6.07, 6.45) is 2.47. The molecule has 1 aromatic carbocycles. The molecule has 0 atom stereocenters. The standard InChI is InChI=1S/C14H16ClN3O2/c1-2-6-16-14-17-8-12(15)13(18-14)20-11-5-3-4-10(7-11)9-19/h3-5,7-8,19H,2,6,9H2,1H3,(H,16,17,18). The highest BCUT2D eigenvalue weighted by molar-refractivity contribution is 6.31. The van der Waals surface area contributed by atoms with Crippen molar-refractivity contribution in [1.29, 1.82) is 0 Å². The van der Waals surface area contributed by atoms with Gasteiger partial charge in [0.05, 0.1) is 12.8 Å². The Labute approximate surface area is 122 Å². The van der Waals surface area contributed by atoms with E-state index in [9.17, 15) is 0 Å². The van der Waals surface area contributed by atoms with Crippen molar-refractivity contribution >= 4 is 17.5 Å². The fraction of sp³-hybridized carbons (Fsp3) is 0.286. The molecular formula is C14H16ClN3O2. The van der Waals surface area contributed by atoms with Crippen LogP contribution in [-0.4, -0.2) is 21.6 Å². The molecule has 0 radical (unpaired) electrons. The average molecular weight is 294 g/mol. The topological polar surface area (TPSA) is 67.3 Å². The molecule has 2 aromatic rings. The number of nitrogens with zero attached hydrogens (tertiary/aromatic N) is 2. The van der Waals surface area contributed by atoms with Crippen molar-refractivity contribution in [3.8, 4) is 11.6 Å². The molecule has 20 heavy (non-hydrogen) atoms. The van der Waals surface area contributed by atoms with Gasteiger partial charge in [-0.05, 0) is 24.1 Å². The first-order valence-corrected chi connectivity index (χ1v) is 6.74. The number of rotatable bonds is 6. The van der Waals surface area contributed by atoms with Crippen LogP contribution in [-0.2, 0) is 6.61 Å². The van der Waals surface area contributed by atoms with E-state index in [-0.39, 0.29) is 12.5 Å². The molecule has 0 amide bonds. The number of halogens is 1. The van der Waals surface area contributed by atoms with Crippen molar-refractivity contribution in [2.75, 3.05) is 11.9 Å². The van der Waals surface area contributed by atoms with Gasteiger partial charge in [0.25, 0.3) is 0 Å². The Morgan fingerprint density at radius 3 is 3.00 bits per heavy atom. The van der Waals surface area contributed by atoms with Crippen molar-refractivity contribution < 1.29 is 9.84 Å². The fourth-order valence-corrected chi connectivity index (χ4v) is 1.69. The molecule has 0 fully saturated rings. The molecule has 106 valence electrons. The SMILES string of the molecule is CCCNc1ncc(Cl)c(Oc2cccc(CO)c2)n1. The Hall–Kier alpha value is -1.85. The maximum atomic E-state index is 9.11. The highest BCUT2D eigenvalue weighted by Gasteiger charge is 2.08. The molecule has 6 heteroatoms. The van der Waals surface area contributed by atoms with Crippen LogP contribution in [0.1, 0.15) is 18.9 Å². The predicted molar refractivity (Wildman–Crippen MR) is 78.3 cm³/mol. The summed E-state index contributed by atoms with van der Waals surface area (Å²) in [5, 5.41) is 12.5. The zero-order valence-electron chi connectivity index (χ0n) is 11.1. The lowest BCUT2D eigenvalue weighted by atomic mass is 10.2. The molecule has 1 aromatic heterocycles. The number of aliphatic hydroxyl groups is 1. The van der Waals surface area contributed by atoms with Gasteiger partial charge in [-0.1, -0.05) is 30.7 Å². The van der Waals surface area contributed by atoms with Crippen molar-refractivity contribution in [1.82, 2.24) is 9.97 Å². The van der Waals surface area contributed by atoms with Crippen LogP contribution in [0.2, 0.25) is 5.02 Å². The molecular weight excluding hydrogens is 278 g/mol. The van der Waals surface area contributed by atoms with Crippen LogP contribution in [0.3, 0.4) is 0 Å². The summed E-state index contributed by atoms with van der Waals surface area (Å²) in [7, 11) is 0. The second-order valence-corrected chi connectivity index (χ2v) is 4.59. The minimum atomic E-state index is -0.0436. The molecule has 2 rings (SSSR count). The molecule has 0 saturated carbocycles. The van der Waals surface area contributed by atoms with Gasteiger partial charge >= 0.3 is 0 Å². The first-order chi connectivity index (χ1) is 9.72. The molecule has 1 heterocycles. The molecule has 0 aliphatic rings. The summed E-state index contributed by atoms with van der Waals surface area (Å²) in [4.78, 5) is 8.30. The Morgan fingerprint density at radius 1 is 1.40 bits per heavy atom. The smallest absolute Gasteiger partial charge is 0.243 e. The lowest BCUT2D eigenvalue weighted by Gasteiger charge is -2.09. The van der Waals surface area contributed by atoms with E-state index >= 15 is 0 Å². The Bertz CT molecular complexity index is 578. The third kappa shape index (κ3) is 3.82. The summed E-state index contributed by atoms with van der Waals surface area (Å²) in [6, 6.07) is 7.11. The van der Waals surface area contributed by atoms with Gasteiger partial charge in [0, 0.05) is 6.54 Å². The van der Waals surface area contributed by atoms with Gasteiger partial charge in [-0.2, -0.15) is 4.98 Å². The Morgan fingerprint density at radius 2 is 2.25 bits per heavy atom. The van der Waals surface area contributed by atoms with Gasteiger partial charge < -0.3 is 15.2 Å². The number of hydrogen-bond donors (Lipinski definition) is 2. The molecule has 0 bridgehead atoms. The summed E-state index contributed by atoms with van der Waals surface area (Å²) in [5.74, 6) is 1.33. The summed E-state index contributed by atoms with van der Waals surface area (Å²) in [5.41, 5.74) is 0.761. The highest BCUT2D eigenvalue weighted by Crippen LogP contribution is 2.27.